The van der Waals surface area contributed by atoms with E-state index in [0.717, 1.165) is 6.26 Å². The van der Waals surface area contributed by atoms with Crippen molar-refractivity contribution in [2.45, 2.75) is 6.54 Å². The second-order valence-electron chi connectivity index (χ2n) is 4.13. The number of nitrogens with zero attached hydrogens (tertiary/aromatic N) is 1. The van der Waals surface area contributed by atoms with Crippen LogP contribution in [-0.4, -0.2) is 49.9 Å². The number of carbonyl (C=O) groups is 2. The number of pyridine rings is 1. The minimum atomic E-state index is -3.27. The number of nitrogens with one attached hydrogen (secondary N) is 3. The zero-order chi connectivity index (χ0) is 15.9. The highest BCUT2D eigenvalue weighted by atomic mass is 32.2. The monoisotopic (exact) mass is 316 g/mol. The van der Waals surface area contributed by atoms with Crippen LogP contribution in [0.15, 0.2) is 18.3 Å². The topological polar surface area (TPSA) is 137 Å². The van der Waals surface area contributed by atoms with Gasteiger partial charge in [0.05, 0.1) is 6.26 Å². The Balaban J connectivity index is 2.28. The summed E-state index contributed by atoms with van der Waals surface area (Å²) in [5.74, 6) is -1.12. The lowest BCUT2D eigenvalue weighted by Gasteiger charge is -2.08. The van der Waals surface area contributed by atoms with E-state index in [2.05, 4.69) is 20.3 Å². The van der Waals surface area contributed by atoms with Crippen LogP contribution in [0.25, 0.3) is 0 Å². The smallest absolute Gasteiger partial charge is 0.354 e. The van der Waals surface area contributed by atoms with Crippen LogP contribution >= 0.6 is 0 Å². The molecular formula is C11H16N4O5S. The first-order valence-corrected chi connectivity index (χ1v) is 7.81. The van der Waals surface area contributed by atoms with E-state index in [4.69, 9.17) is 5.11 Å². The van der Waals surface area contributed by atoms with E-state index in [0.29, 0.717) is 5.56 Å². The van der Waals surface area contributed by atoms with Crippen molar-refractivity contribution in [2.24, 2.45) is 0 Å². The number of amides is 2. The van der Waals surface area contributed by atoms with Gasteiger partial charge in [-0.05, 0) is 11.6 Å². The van der Waals surface area contributed by atoms with Crippen molar-refractivity contribution in [1.82, 2.24) is 20.3 Å². The molecule has 9 nitrogen and oxygen atoms in total. The molecule has 4 N–H and O–H groups in total. The van der Waals surface area contributed by atoms with Gasteiger partial charge in [-0.1, -0.05) is 6.07 Å². The van der Waals surface area contributed by atoms with Gasteiger partial charge in [0.25, 0.3) is 0 Å². The van der Waals surface area contributed by atoms with E-state index < -0.39 is 22.0 Å². The predicted octanol–water partition coefficient (Wildman–Crippen LogP) is -0.872. The van der Waals surface area contributed by atoms with Crippen molar-refractivity contribution in [3.05, 3.63) is 29.6 Å². The third kappa shape index (κ3) is 7.22. The number of carboxylic acids is 1. The number of carbonyl (C=O) groups excluding carboxylic acids is 1. The molecule has 0 atom stereocenters. The third-order valence-corrected chi connectivity index (χ3v) is 3.00. The lowest BCUT2D eigenvalue weighted by atomic mass is 10.2. The maximum Gasteiger partial charge on any atom is 0.354 e. The van der Waals surface area contributed by atoms with Crippen LogP contribution in [-0.2, 0) is 16.6 Å². The lowest BCUT2D eigenvalue weighted by molar-refractivity contribution is 0.0690. The Labute approximate surface area is 121 Å². The van der Waals surface area contributed by atoms with Crippen molar-refractivity contribution < 1.29 is 23.1 Å². The standard InChI is InChI=1S/C11H16N4O5S/c1-21(19,20)15-5-4-12-11(18)14-7-8-2-3-9(10(16)17)13-6-8/h2-3,6,15H,4-5,7H2,1H3,(H,16,17)(H2,12,14,18). The fraction of sp³-hybridized carbons (Fsp3) is 0.364. The number of rotatable bonds is 7. The van der Waals surface area contributed by atoms with Crippen molar-refractivity contribution >= 4 is 22.0 Å². The van der Waals surface area contributed by atoms with Gasteiger partial charge in [0.15, 0.2) is 0 Å². The molecule has 0 bridgehead atoms. The molecule has 2 amide bonds. The molecule has 0 saturated heterocycles. The predicted molar refractivity (Wildman–Crippen MR) is 74.3 cm³/mol. The Hall–Kier alpha value is -2.20. The van der Waals surface area contributed by atoms with E-state index in [1.54, 1.807) is 6.07 Å². The normalized spacial score (nSPS) is 10.9. The van der Waals surface area contributed by atoms with Crippen LogP contribution in [0.2, 0.25) is 0 Å². The SMILES string of the molecule is CS(=O)(=O)NCCNC(=O)NCc1ccc(C(=O)O)nc1. The minimum absolute atomic E-state index is 0.0740. The first kappa shape index (κ1) is 16.9. The highest BCUT2D eigenvalue weighted by molar-refractivity contribution is 7.88. The average molecular weight is 316 g/mol. The van der Waals surface area contributed by atoms with E-state index in [1.165, 1.54) is 12.3 Å². The van der Waals surface area contributed by atoms with Crippen LogP contribution in [0.4, 0.5) is 4.79 Å². The Morgan fingerprint density at radius 1 is 1.24 bits per heavy atom. The Kier molecular flexibility index (Phi) is 6.06. The largest absolute Gasteiger partial charge is 0.477 e. The molecule has 0 saturated carbocycles. The molecule has 0 aliphatic carbocycles. The summed E-state index contributed by atoms with van der Waals surface area (Å²) >= 11 is 0. The van der Waals surface area contributed by atoms with Gasteiger partial charge in [0, 0.05) is 25.8 Å². The number of urea groups is 1. The summed E-state index contributed by atoms with van der Waals surface area (Å²) in [5, 5.41) is 13.7. The van der Waals surface area contributed by atoms with Gasteiger partial charge in [-0.25, -0.2) is 27.7 Å². The molecule has 0 unspecified atom stereocenters. The van der Waals surface area contributed by atoms with Crippen LogP contribution in [0, 0.1) is 0 Å². The molecule has 1 heterocycles. The summed E-state index contributed by atoms with van der Waals surface area (Å²) in [6.07, 6.45) is 2.38. The molecule has 0 radical (unpaired) electrons. The molecule has 21 heavy (non-hydrogen) atoms. The number of hydrogen-bond acceptors (Lipinski definition) is 5. The lowest BCUT2D eigenvalue weighted by Crippen LogP contribution is -2.39. The average Bonchev–Trinajstić information content (AvgIpc) is 2.41. The zero-order valence-corrected chi connectivity index (χ0v) is 12.1. The van der Waals surface area contributed by atoms with E-state index in [9.17, 15) is 18.0 Å². The fourth-order valence-electron chi connectivity index (χ4n) is 1.31. The number of hydrogen-bond donors (Lipinski definition) is 4. The van der Waals surface area contributed by atoms with Crippen molar-refractivity contribution in [1.29, 1.82) is 0 Å². The number of aromatic nitrogens is 1. The molecule has 116 valence electrons. The highest BCUT2D eigenvalue weighted by Crippen LogP contribution is 1.99. The van der Waals surface area contributed by atoms with Crippen molar-refractivity contribution in [2.75, 3.05) is 19.3 Å². The van der Waals surface area contributed by atoms with Crippen LogP contribution < -0.4 is 15.4 Å². The van der Waals surface area contributed by atoms with Gasteiger partial charge < -0.3 is 15.7 Å². The molecule has 0 spiro atoms. The highest BCUT2D eigenvalue weighted by Gasteiger charge is 2.05. The summed E-state index contributed by atoms with van der Waals surface area (Å²) in [4.78, 5) is 25.7. The molecule has 0 fully saturated rings. The summed E-state index contributed by atoms with van der Waals surface area (Å²) in [5.41, 5.74) is 0.569. The minimum Gasteiger partial charge on any atom is -0.477 e. The van der Waals surface area contributed by atoms with Crippen molar-refractivity contribution in [3.63, 3.8) is 0 Å². The first-order chi connectivity index (χ1) is 9.78. The maximum absolute atomic E-state index is 11.4. The second kappa shape index (κ2) is 7.55. The van der Waals surface area contributed by atoms with Gasteiger partial charge in [0.1, 0.15) is 5.69 Å². The van der Waals surface area contributed by atoms with E-state index in [-0.39, 0.29) is 25.3 Å². The number of sulfonamides is 1. The molecule has 0 aromatic carbocycles. The zero-order valence-electron chi connectivity index (χ0n) is 11.3. The van der Waals surface area contributed by atoms with Gasteiger partial charge >= 0.3 is 12.0 Å². The Morgan fingerprint density at radius 2 is 1.95 bits per heavy atom. The molecular weight excluding hydrogens is 300 g/mol. The van der Waals surface area contributed by atoms with E-state index in [1.807, 2.05) is 0 Å². The third-order valence-electron chi connectivity index (χ3n) is 2.27. The van der Waals surface area contributed by atoms with Gasteiger partial charge in [-0.3, -0.25) is 0 Å². The van der Waals surface area contributed by atoms with Gasteiger partial charge in [-0.2, -0.15) is 0 Å². The molecule has 0 aliphatic heterocycles. The Bertz CT molecular complexity index is 600. The molecule has 0 aliphatic rings. The maximum atomic E-state index is 11.4. The quantitative estimate of drug-likeness (QED) is 0.482. The van der Waals surface area contributed by atoms with Gasteiger partial charge in [-0.15, -0.1) is 0 Å². The summed E-state index contributed by atoms with van der Waals surface area (Å²) in [6, 6.07) is 2.42. The van der Waals surface area contributed by atoms with Crippen LogP contribution in [0.1, 0.15) is 16.1 Å². The molecule has 1 aromatic rings. The Morgan fingerprint density at radius 3 is 2.48 bits per heavy atom. The van der Waals surface area contributed by atoms with Crippen LogP contribution in [0.3, 0.4) is 0 Å². The number of carboxylic acid groups (broad SMARTS) is 1. The van der Waals surface area contributed by atoms with Gasteiger partial charge in [0.2, 0.25) is 10.0 Å². The number of aromatic carboxylic acids is 1. The van der Waals surface area contributed by atoms with Crippen LogP contribution in [0.5, 0.6) is 0 Å². The molecule has 10 heteroatoms. The summed E-state index contributed by atoms with van der Waals surface area (Å²) in [7, 11) is -3.27. The van der Waals surface area contributed by atoms with Crippen molar-refractivity contribution in [3.8, 4) is 0 Å². The molecule has 1 aromatic heterocycles. The van der Waals surface area contributed by atoms with E-state index >= 15 is 0 Å². The summed E-state index contributed by atoms with van der Waals surface area (Å²) < 4.78 is 23.8. The fourth-order valence-corrected chi connectivity index (χ4v) is 1.79. The summed E-state index contributed by atoms with van der Waals surface area (Å²) in [6.45, 7) is 0.425. The first-order valence-electron chi connectivity index (χ1n) is 5.92. The second-order valence-corrected chi connectivity index (χ2v) is 5.97. The molecule has 1 rings (SSSR count).